The molecule has 0 spiro atoms. The van der Waals surface area contributed by atoms with Gasteiger partial charge in [0.2, 0.25) is 0 Å². The zero-order valence-electron chi connectivity index (χ0n) is 10.2. The molecule has 1 aromatic rings. The summed E-state index contributed by atoms with van der Waals surface area (Å²) in [6.45, 7) is 4.18. The molecule has 88 valence electrons. The largest absolute Gasteiger partial charge is 0.382 e. The highest BCUT2D eigenvalue weighted by molar-refractivity contribution is 5.52. The molecule has 0 aliphatic heterocycles. The summed E-state index contributed by atoms with van der Waals surface area (Å²) >= 11 is 0. The Morgan fingerprint density at radius 3 is 2.62 bits per heavy atom. The molecule has 1 fully saturated rings. The zero-order chi connectivity index (χ0) is 11.5. The molecule has 3 N–H and O–H groups in total. The minimum Gasteiger partial charge on any atom is -0.382 e. The number of pyridine rings is 1. The lowest BCUT2D eigenvalue weighted by Gasteiger charge is -2.28. The molecular formula is C13H21N3. The molecule has 0 bridgehead atoms. The zero-order valence-corrected chi connectivity index (χ0v) is 10.2. The lowest BCUT2D eigenvalue weighted by Crippen LogP contribution is -2.33. The van der Waals surface area contributed by atoms with Gasteiger partial charge in [0.25, 0.3) is 0 Å². The lowest BCUT2D eigenvalue weighted by molar-refractivity contribution is 0.411. The first kappa shape index (κ1) is 11.4. The molecule has 2 rings (SSSR count). The highest BCUT2D eigenvalue weighted by atomic mass is 14.9. The van der Waals surface area contributed by atoms with Crippen LogP contribution in [0.3, 0.4) is 0 Å². The Kier molecular flexibility index (Phi) is 3.44. The smallest absolute Gasteiger partial charge is 0.0422 e. The molecule has 1 saturated carbocycles. The van der Waals surface area contributed by atoms with Gasteiger partial charge in [-0.05, 0) is 51.2 Å². The van der Waals surface area contributed by atoms with E-state index >= 15 is 0 Å². The molecule has 0 unspecified atom stereocenters. The molecule has 0 radical (unpaired) electrons. The van der Waals surface area contributed by atoms with E-state index in [2.05, 4.69) is 30.2 Å². The van der Waals surface area contributed by atoms with E-state index in [0.29, 0.717) is 12.1 Å². The fourth-order valence-electron chi connectivity index (χ4n) is 2.28. The van der Waals surface area contributed by atoms with E-state index in [-0.39, 0.29) is 0 Å². The van der Waals surface area contributed by atoms with Gasteiger partial charge in [-0.3, -0.25) is 4.98 Å². The van der Waals surface area contributed by atoms with Crippen molar-refractivity contribution in [2.75, 3.05) is 5.32 Å². The standard InChI is InChI=1S/C13H21N3/c1-9-10(2)15-8-7-13(9)16-12-5-3-11(14)4-6-12/h7-8,11-12H,3-6,14H2,1-2H3,(H,15,16). The average Bonchev–Trinajstić information content (AvgIpc) is 2.28. The molecular weight excluding hydrogens is 198 g/mol. The SMILES string of the molecule is Cc1nccc(NC2CCC(N)CC2)c1C. The number of nitrogens with two attached hydrogens (primary N) is 1. The second kappa shape index (κ2) is 4.83. The van der Waals surface area contributed by atoms with Crippen molar-refractivity contribution in [3.8, 4) is 0 Å². The highest BCUT2D eigenvalue weighted by Gasteiger charge is 2.18. The summed E-state index contributed by atoms with van der Waals surface area (Å²) in [4.78, 5) is 4.28. The van der Waals surface area contributed by atoms with Gasteiger partial charge in [0.1, 0.15) is 0 Å². The van der Waals surface area contributed by atoms with Crippen molar-refractivity contribution < 1.29 is 0 Å². The quantitative estimate of drug-likeness (QED) is 0.803. The number of aromatic nitrogens is 1. The molecule has 1 aliphatic carbocycles. The van der Waals surface area contributed by atoms with E-state index in [4.69, 9.17) is 5.73 Å². The van der Waals surface area contributed by atoms with Crippen molar-refractivity contribution >= 4 is 5.69 Å². The summed E-state index contributed by atoms with van der Waals surface area (Å²) in [5.74, 6) is 0. The van der Waals surface area contributed by atoms with Gasteiger partial charge in [0, 0.05) is 29.7 Å². The Morgan fingerprint density at radius 1 is 1.25 bits per heavy atom. The maximum Gasteiger partial charge on any atom is 0.0422 e. The summed E-state index contributed by atoms with van der Waals surface area (Å²) in [7, 11) is 0. The van der Waals surface area contributed by atoms with Crippen LogP contribution in [0.5, 0.6) is 0 Å². The van der Waals surface area contributed by atoms with Crippen molar-refractivity contribution in [3.63, 3.8) is 0 Å². The molecule has 0 amide bonds. The number of nitrogens with one attached hydrogen (secondary N) is 1. The van der Waals surface area contributed by atoms with Crippen LogP contribution in [0, 0.1) is 13.8 Å². The van der Waals surface area contributed by atoms with Gasteiger partial charge < -0.3 is 11.1 Å². The van der Waals surface area contributed by atoms with E-state index in [9.17, 15) is 0 Å². The predicted octanol–water partition coefficient (Wildman–Crippen LogP) is 2.38. The molecule has 3 heteroatoms. The molecule has 0 saturated heterocycles. The van der Waals surface area contributed by atoms with Crippen molar-refractivity contribution in [3.05, 3.63) is 23.5 Å². The van der Waals surface area contributed by atoms with Crippen LogP contribution in [0.15, 0.2) is 12.3 Å². The number of hydrogen-bond donors (Lipinski definition) is 2. The molecule has 16 heavy (non-hydrogen) atoms. The van der Waals surface area contributed by atoms with Crippen LogP contribution in [-0.4, -0.2) is 17.1 Å². The minimum atomic E-state index is 0.415. The summed E-state index contributed by atoms with van der Waals surface area (Å²) in [5, 5.41) is 3.61. The van der Waals surface area contributed by atoms with Gasteiger partial charge in [0.15, 0.2) is 0 Å². The van der Waals surface area contributed by atoms with Crippen molar-refractivity contribution in [1.29, 1.82) is 0 Å². The van der Waals surface area contributed by atoms with Gasteiger partial charge >= 0.3 is 0 Å². The van der Waals surface area contributed by atoms with E-state index in [0.717, 1.165) is 18.5 Å². The Bertz CT molecular complexity index is 354. The Balaban J connectivity index is 2.01. The van der Waals surface area contributed by atoms with E-state index in [1.54, 1.807) is 0 Å². The maximum absolute atomic E-state index is 5.91. The second-order valence-corrected chi connectivity index (χ2v) is 4.82. The van der Waals surface area contributed by atoms with Gasteiger partial charge in [-0.1, -0.05) is 0 Å². The maximum atomic E-state index is 5.91. The van der Waals surface area contributed by atoms with E-state index < -0.39 is 0 Å². The number of nitrogens with zero attached hydrogens (tertiary/aromatic N) is 1. The Hall–Kier alpha value is -1.09. The van der Waals surface area contributed by atoms with Crippen molar-refractivity contribution in [2.24, 2.45) is 5.73 Å². The van der Waals surface area contributed by atoms with Gasteiger partial charge in [-0.15, -0.1) is 0 Å². The van der Waals surface area contributed by atoms with Crippen LogP contribution >= 0.6 is 0 Å². The van der Waals surface area contributed by atoms with E-state index in [1.807, 2.05) is 6.20 Å². The summed E-state index contributed by atoms with van der Waals surface area (Å²) in [6.07, 6.45) is 6.52. The van der Waals surface area contributed by atoms with Crippen LogP contribution in [-0.2, 0) is 0 Å². The fraction of sp³-hybridized carbons (Fsp3) is 0.615. The molecule has 0 atom stereocenters. The first-order valence-corrected chi connectivity index (χ1v) is 6.11. The third kappa shape index (κ3) is 2.53. The second-order valence-electron chi connectivity index (χ2n) is 4.82. The number of aryl methyl sites for hydroxylation is 1. The minimum absolute atomic E-state index is 0.415. The molecule has 1 aromatic heterocycles. The van der Waals surface area contributed by atoms with Crippen LogP contribution in [0.2, 0.25) is 0 Å². The average molecular weight is 219 g/mol. The fourth-order valence-corrected chi connectivity index (χ4v) is 2.28. The van der Waals surface area contributed by atoms with Gasteiger partial charge in [-0.25, -0.2) is 0 Å². The van der Waals surface area contributed by atoms with Crippen molar-refractivity contribution in [1.82, 2.24) is 4.98 Å². The van der Waals surface area contributed by atoms with Crippen molar-refractivity contribution in [2.45, 2.75) is 51.6 Å². The third-order valence-corrected chi connectivity index (χ3v) is 3.59. The molecule has 1 heterocycles. The molecule has 1 aliphatic rings. The summed E-state index contributed by atoms with van der Waals surface area (Å²) < 4.78 is 0. The van der Waals surface area contributed by atoms with Gasteiger partial charge in [-0.2, -0.15) is 0 Å². The predicted molar refractivity (Wildman–Crippen MR) is 67.6 cm³/mol. The van der Waals surface area contributed by atoms with Gasteiger partial charge in [0.05, 0.1) is 0 Å². The molecule has 0 aromatic carbocycles. The van der Waals surface area contributed by atoms with Crippen LogP contribution in [0.4, 0.5) is 5.69 Å². The first-order chi connectivity index (χ1) is 7.66. The summed E-state index contributed by atoms with van der Waals surface area (Å²) in [5.41, 5.74) is 9.51. The highest BCUT2D eigenvalue weighted by Crippen LogP contribution is 2.23. The Morgan fingerprint density at radius 2 is 1.94 bits per heavy atom. The normalized spacial score (nSPS) is 25.4. The van der Waals surface area contributed by atoms with E-state index in [1.165, 1.54) is 24.1 Å². The monoisotopic (exact) mass is 219 g/mol. The summed E-state index contributed by atoms with van der Waals surface area (Å²) in [6, 6.07) is 3.07. The lowest BCUT2D eigenvalue weighted by atomic mass is 9.91. The topological polar surface area (TPSA) is 50.9 Å². The number of rotatable bonds is 2. The number of anilines is 1. The van der Waals surface area contributed by atoms with Crippen LogP contribution in [0.25, 0.3) is 0 Å². The first-order valence-electron chi connectivity index (χ1n) is 6.11. The third-order valence-electron chi connectivity index (χ3n) is 3.59. The molecule has 3 nitrogen and oxygen atoms in total. The van der Waals surface area contributed by atoms with Crippen LogP contribution in [0.1, 0.15) is 36.9 Å². The number of hydrogen-bond acceptors (Lipinski definition) is 3. The van der Waals surface area contributed by atoms with Crippen LogP contribution < -0.4 is 11.1 Å². The Labute approximate surface area is 97.5 Å².